The molecular weight excluding hydrogens is 316 g/mol. The number of carbonyl (C=O) groups excluding carboxylic acids is 1. The number of methoxy groups -OCH3 is 2. The third kappa shape index (κ3) is 3.33. The van der Waals surface area contributed by atoms with Crippen molar-refractivity contribution in [3.63, 3.8) is 0 Å². The highest BCUT2D eigenvalue weighted by Gasteiger charge is 2.51. The molecule has 0 saturated carbocycles. The van der Waals surface area contributed by atoms with Gasteiger partial charge >= 0.3 is 5.97 Å². The number of aromatic hydroxyl groups is 1. The maximum Gasteiger partial charge on any atom is 0.338 e. The molecule has 1 aromatic rings. The van der Waals surface area contributed by atoms with E-state index in [0.717, 1.165) is 0 Å². The molecule has 0 amide bonds. The molecule has 1 aromatic carbocycles. The van der Waals surface area contributed by atoms with Gasteiger partial charge in [-0.2, -0.15) is 0 Å². The fourth-order valence-electron chi connectivity index (χ4n) is 2.34. The molecule has 0 bridgehead atoms. The third-order valence-electron chi connectivity index (χ3n) is 4.35. The number of benzene rings is 1. The first kappa shape index (κ1) is 18.5. The minimum atomic E-state index is -0.850. The van der Waals surface area contributed by atoms with Gasteiger partial charge in [0.05, 0.1) is 29.4 Å². The molecule has 134 valence electrons. The van der Waals surface area contributed by atoms with Gasteiger partial charge in [-0.3, -0.25) is 0 Å². The number of phenolic OH excluding ortho intramolecular Hbond substituents is 1. The van der Waals surface area contributed by atoms with Crippen LogP contribution in [0, 0.1) is 0 Å². The molecule has 0 radical (unpaired) electrons. The van der Waals surface area contributed by atoms with Crippen LogP contribution in [-0.2, 0) is 18.9 Å². The van der Waals surface area contributed by atoms with Crippen molar-refractivity contribution in [2.24, 2.45) is 0 Å². The molecule has 0 unspecified atom stereocenters. The van der Waals surface area contributed by atoms with Crippen LogP contribution in [-0.4, -0.2) is 43.3 Å². The average Bonchev–Trinajstić information content (AvgIpc) is 2.71. The lowest BCUT2D eigenvalue weighted by Gasteiger charge is -2.30. The molecule has 0 spiro atoms. The molecule has 0 aromatic heterocycles. The average molecular weight is 340 g/mol. The first-order valence-electron chi connectivity index (χ1n) is 7.55. The second kappa shape index (κ2) is 6.58. The Bertz CT molecular complexity index is 606. The molecule has 1 fully saturated rings. The molecule has 7 nitrogen and oxygen atoms in total. The summed E-state index contributed by atoms with van der Waals surface area (Å²) in [6, 6.07) is 2.68. The summed E-state index contributed by atoms with van der Waals surface area (Å²) in [5.74, 6) is -0.532. The van der Waals surface area contributed by atoms with E-state index in [-0.39, 0.29) is 23.9 Å². The zero-order valence-electron chi connectivity index (χ0n) is 14.8. The van der Waals surface area contributed by atoms with Crippen LogP contribution < -0.4 is 4.74 Å². The highest BCUT2D eigenvalue weighted by Crippen LogP contribution is 2.48. The second-order valence-corrected chi connectivity index (χ2v) is 6.54. The van der Waals surface area contributed by atoms with E-state index in [1.165, 1.54) is 26.4 Å². The molecule has 24 heavy (non-hydrogen) atoms. The van der Waals surface area contributed by atoms with Gasteiger partial charge in [0.25, 0.3) is 0 Å². The standard InChI is InChI=1S/C17H24O7/c1-16(2)17(3,4)24-15(23-16)13-11(14(19)21-6)7-10(18)8-12(13)22-9-20-5/h7-8,15,18H,9H2,1-6H3. The Balaban J connectivity index is 2.55. The van der Waals surface area contributed by atoms with Gasteiger partial charge < -0.3 is 28.8 Å². The van der Waals surface area contributed by atoms with Crippen LogP contribution in [0.4, 0.5) is 0 Å². The number of phenols is 1. The number of ether oxygens (including phenoxy) is 5. The largest absolute Gasteiger partial charge is 0.508 e. The first-order chi connectivity index (χ1) is 11.1. The van der Waals surface area contributed by atoms with Gasteiger partial charge in [0.1, 0.15) is 11.5 Å². The summed E-state index contributed by atoms with van der Waals surface area (Å²) in [6.07, 6.45) is -0.850. The zero-order chi connectivity index (χ0) is 18.1. The fourth-order valence-corrected chi connectivity index (χ4v) is 2.34. The summed E-state index contributed by atoms with van der Waals surface area (Å²) in [4.78, 5) is 12.2. The van der Waals surface area contributed by atoms with Crippen LogP contribution in [0.2, 0.25) is 0 Å². The number of rotatable bonds is 5. The Hall–Kier alpha value is -1.83. The van der Waals surface area contributed by atoms with Gasteiger partial charge in [-0.05, 0) is 33.8 Å². The van der Waals surface area contributed by atoms with Gasteiger partial charge in [0.15, 0.2) is 13.1 Å². The van der Waals surface area contributed by atoms with Crippen molar-refractivity contribution in [2.45, 2.75) is 45.2 Å². The lowest BCUT2D eigenvalue weighted by Crippen LogP contribution is -2.41. The molecular formula is C17H24O7. The first-order valence-corrected chi connectivity index (χ1v) is 7.55. The van der Waals surface area contributed by atoms with Crippen molar-refractivity contribution in [1.82, 2.24) is 0 Å². The number of esters is 1. The predicted octanol–water partition coefficient (Wildman–Crippen LogP) is 2.76. The lowest BCUT2D eigenvalue weighted by molar-refractivity contribution is -0.0922. The van der Waals surface area contributed by atoms with E-state index in [0.29, 0.717) is 5.56 Å². The predicted molar refractivity (Wildman–Crippen MR) is 85.0 cm³/mol. The molecule has 1 aliphatic heterocycles. The van der Waals surface area contributed by atoms with Crippen molar-refractivity contribution in [1.29, 1.82) is 0 Å². The van der Waals surface area contributed by atoms with Gasteiger partial charge in [-0.15, -0.1) is 0 Å². The Kier molecular flexibility index (Phi) is 5.08. The van der Waals surface area contributed by atoms with Crippen LogP contribution in [0.1, 0.15) is 49.9 Å². The number of hydrogen-bond acceptors (Lipinski definition) is 7. The summed E-state index contributed by atoms with van der Waals surface area (Å²) >= 11 is 0. The highest BCUT2D eigenvalue weighted by atomic mass is 16.7. The van der Waals surface area contributed by atoms with Crippen molar-refractivity contribution < 1.29 is 33.6 Å². The van der Waals surface area contributed by atoms with Crippen LogP contribution in [0.3, 0.4) is 0 Å². The maximum absolute atomic E-state index is 12.2. The van der Waals surface area contributed by atoms with Crippen LogP contribution in [0.5, 0.6) is 11.5 Å². The lowest BCUT2D eigenvalue weighted by atomic mass is 9.90. The fraction of sp³-hybridized carbons (Fsp3) is 0.588. The van der Waals surface area contributed by atoms with E-state index in [1.54, 1.807) is 0 Å². The number of hydrogen-bond donors (Lipinski definition) is 1. The summed E-state index contributed by atoms with van der Waals surface area (Å²) in [6.45, 7) is 7.56. The molecule has 0 aliphatic carbocycles. The zero-order valence-corrected chi connectivity index (χ0v) is 14.8. The molecule has 1 aliphatic rings. The van der Waals surface area contributed by atoms with Crippen LogP contribution in [0.25, 0.3) is 0 Å². The number of carbonyl (C=O) groups is 1. The smallest absolute Gasteiger partial charge is 0.338 e. The van der Waals surface area contributed by atoms with E-state index in [2.05, 4.69) is 0 Å². The Labute approximate surface area is 141 Å². The summed E-state index contributed by atoms with van der Waals surface area (Å²) < 4.78 is 27.2. The SMILES string of the molecule is COCOc1cc(O)cc(C(=O)OC)c1C1OC(C)(C)C(C)(C)O1. The minimum Gasteiger partial charge on any atom is -0.508 e. The van der Waals surface area contributed by atoms with E-state index >= 15 is 0 Å². The van der Waals surface area contributed by atoms with Crippen molar-refractivity contribution in [3.8, 4) is 11.5 Å². The van der Waals surface area contributed by atoms with Crippen molar-refractivity contribution in [3.05, 3.63) is 23.3 Å². The highest BCUT2D eigenvalue weighted by molar-refractivity contribution is 5.92. The maximum atomic E-state index is 12.2. The summed E-state index contributed by atoms with van der Waals surface area (Å²) in [5.41, 5.74) is -0.722. The van der Waals surface area contributed by atoms with Gasteiger partial charge in [0.2, 0.25) is 0 Å². The Morgan fingerprint density at radius 1 is 1.17 bits per heavy atom. The van der Waals surface area contributed by atoms with E-state index in [1.807, 2.05) is 27.7 Å². The van der Waals surface area contributed by atoms with Crippen molar-refractivity contribution in [2.75, 3.05) is 21.0 Å². The molecule has 1 heterocycles. The normalized spacial score (nSPS) is 19.2. The van der Waals surface area contributed by atoms with E-state index < -0.39 is 23.5 Å². The van der Waals surface area contributed by atoms with Gasteiger partial charge in [-0.25, -0.2) is 4.79 Å². The van der Waals surface area contributed by atoms with Gasteiger partial charge in [-0.1, -0.05) is 0 Å². The molecule has 7 heteroatoms. The van der Waals surface area contributed by atoms with Crippen LogP contribution in [0.15, 0.2) is 12.1 Å². The second-order valence-electron chi connectivity index (χ2n) is 6.54. The third-order valence-corrected chi connectivity index (χ3v) is 4.35. The molecule has 2 rings (SSSR count). The topological polar surface area (TPSA) is 83.5 Å². The monoisotopic (exact) mass is 340 g/mol. The Morgan fingerprint density at radius 3 is 2.25 bits per heavy atom. The van der Waals surface area contributed by atoms with E-state index in [9.17, 15) is 9.90 Å². The van der Waals surface area contributed by atoms with E-state index in [4.69, 9.17) is 23.7 Å². The minimum absolute atomic E-state index is 0.0590. The molecule has 0 atom stereocenters. The quantitative estimate of drug-likeness (QED) is 0.652. The molecule has 1 N–H and O–H groups in total. The summed E-state index contributed by atoms with van der Waals surface area (Å²) in [5, 5.41) is 9.90. The van der Waals surface area contributed by atoms with Gasteiger partial charge in [0, 0.05) is 13.2 Å². The molecule has 1 saturated heterocycles. The van der Waals surface area contributed by atoms with Crippen molar-refractivity contribution >= 4 is 5.97 Å². The Morgan fingerprint density at radius 2 is 1.75 bits per heavy atom. The summed E-state index contributed by atoms with van der Waals surface area (Å²) in [7, 11) is 2.73. The van der Waals surface area contributed by atoms with Crippen LogP contribution >= 0.6 is 0 Å².